The Balaban J connectivity index is 1.43. The number of anilines is 1. The number of amides is 1. The van der Waals surface area contributed by atoms with E-state index in [9.17, 15) is 13.2 Å². The van der Waals surface area contributed by atoms with Crippen LogP contribution in [0.3, 0.4) is 0 Å². The first-order valence-electron chi connectivity index (χ1n) is 10.4. The minimum atomic E-state index is -3.50. The van der Waals surface area contributed by atoms with Gasteiger partial charge in [0.2, 0.25) is 10.0 Å². The molecular formula is C23H25N3O3S2. The lowest BCUT2D eigenvalue weighted by molar-refractivity contribution is 0.102. The number of nitrogens with zero attached hydrogens (tertiary/aromatic N) is 2. The van der Waals surface area contributed by atoms with Crippen LogP contribution in [0.25, 0.3) is 11.3 Å². The maximum Gasteiger partial charge on any atom is 0.257 e. The Kier molecular flexibility index (Phi) is 6.50. The number of aromatic nitrogens is 1. The Morgan fingerprint density at radius 3 is 2.35 bits per heavy atom. The first-order chi connectivity index (χ1) is 15.0. The minimum absolute atomic E-state index is 0.220. The number of nitrogens with one attached hydrogen (secondary N) is 1. The smallest absolute Gasteiger partial charge is 0.257 e. The first kappa shape index (κ1) is 21.7. The Morgan fingerprint density at radius 1 is 1.03 bits per heavy atom. The highest BCUT2D eigenvalue weighted by Crippen LogP contribution is 2.26. The van der Waals surface area contributed by atoms with E-state index in [0.717, 1.165) is 36.9 Å². The van der Waals surface area contributed by atoms with Crippen LogP contribution in [-0.2, 0) is 16.4 Å². The van der Waals surface area contributed by atoms with Gasteiger partial charge in [0.1, 0.15) is 0 Å². The van der Waals surface area contributed by atoms with Gasteiger partial charge in [0.25, 0.3) is 5.91 Å². The Bertz CT molecular complexity index is 1150. The Hall–Kier alpha value is -2.55. The Morgan fingerprint density at radius 2 is 1.71 bits per heavy atom. The predicted molar refractivity (Wildman–Crippen MR) is 124 cm³/mol. The largest absolute Gasteiger partial charge is 0.298 e. The van der Waals surface area contributed by atoms with E-state index in [4.69, 9.17) is 0 Å². The second kappa shape index (κ2) is 9.30. The second-order valence-electron chi connectivity index (χ2n) is 7.53. The lowest BCUT2D eigenvalue weighted by Crippen LogP contribution is -2.35. The number of rotatable bonds is 6. The lowest BCUT2D eigenvalue weighted by Gasteiger charge is -2.25. The van der Waals surface area contributed by atoms with Crippen LogP contribution in [0.1, 0.15) is 42.1 Å². The fraction of sp³-hybridized carbons (Fsp3) is 0.304. The fourth-order valence-electron chi connectivity index (χ4n) is 3.58. The zero-order chi connectivity index (χ0) is 21.8. The number of piperidine rings is 1. The van der Waals surface area contributed by atoms with E-state index in [-0.39, 0.29) is 10.8 Å². The van der Waals surface area contributed by atoms with Crippen molar-refractivity contribution in [3.05, 3.63) is 65.0 Å². The molecule has 0 unspecified atom stereocenters. The zero-order valence-corrected chi connectivity index (χ0v) is 19.0. The summed E-state index contributed by atoms with van der Waals surface area (Å²) in [5.41, 5.74) is 3.46. The number of carbonyl (C=O) groups is 1. The summed E-state index contributed by atoms with van der Waals surface area (Å²) in [4.78, 5) is 17.3. The first-order valence-corrected chi connectivity index (χ1v) is 12.8. The monoisotopic (exact) mass is 455 g/mol. The van der Waals surface area contributed by atoms with Crippen LogP contribution in [0.5, 0.6) is 0 Å². The molecule has 1 aliphatic heterocycles. The number of carbonyl (C=O) groups excluding carboxylic acids is 1. The summed E-state index contributed by atoms with van der Waals surface area (Å²) in [5, 5.41) is 5.21. The molecule has 162 valence electrons. The highest BCUT2D eigenvalue weighted by Gasteiger charge is 2.26. The third-order valence-corrected chi connectivity index (χ3v) is 8.12. The van der Waals surface area contributed by atoms with Gasteiger partial charge in [-0.15, -0.1) is 11.3 Å². The number of benzene rings is 2. The van der Waals surface area contributed by atoms with Crippen LogP contribution >= 0.6 is 11.3 Å². The molecule has 2 heterocycles. The maximum atomic E-state index is 12.8. The van der Waals surface area contributed by atoms with Gasteiger partial charge in [-0.3, -0.25) is 10.1 Å². The van der Waals surface area contributed by atoms with Crippen LogP contribution in [0.2, 0.25) is 0 Å². The van der Waals surface area contributed by atoms with Gasteiger partial charge >= 0.3 is 0 Å². The van der Waals surface area contributed by atoms with Gasteiger partial charge in [-0.2, -0.15) is 4.31 Å². The van der Waals surface area contributed by atoms with Crippen LogP contribution in [0.4, 0.5) is 5.13 Å². The van der Waals surface area contributed by atoms with E-state index in [1.54, 1.807) is 12.1 Å². The molecule has 31 heavy (non-hydrogen) atoms. The van der Waals surface area contributed by atoms with Gasteiger partial charge in [0, 0.05) is 29.6 Å². The quantitative estimate of drug-likeness (QED) is 0.579. The summed E-state index contributed by atoms with van der Waals surface area (Å²) in [5.74, 6) is -0.316. The number of aryl methyl sites for hydroxylation is 1. The van der Waals surface area contributed by atoms with Crippen molar-refractivity contribution in [1.29, 1.82) is 0 Å². The van der Waals surface area contributed by atoms with Crippen LogP contribution in [0.15, 0.2) is 58.8 Å². The van der Waals surface area contributed by atoms with Crippen molar-refractivity contribution in [2.45, 2.75) is 37.5 Å². The van der Waals surface area contributed by atoms with E-state index >= 15 is 0 Å². The molecule has 2 aromatic carbocycles. The summed E-state index contributed by atoms with van der Waals surface area (Å²) in [6.45, 7) is 3.22. The van der Waals surface area contributed by atoms with Gasteiger partial charge in [-0.25, -0.2) is 13.4 Å². The normalized spacial score (nSPS) is 15.0. The molecule has 0 aliphatic carbocycles. The minimum Gasteiger partial charge on any atom is -0.298 e. The molecule has 4 rings (SSSR count). The molecule has 1 saturated heterocycles. The van der Waals surface area contributed by atoms with Crippen molar-refractivity contribution >= 4 is 32.4 Å². The Labute approximate surface area is 187 Å². The molecule has 1 amide bonds. The van der Waals surface area contributed by atoms with Crippen molar-refractivity contribution < 1.29 is 13.2 Å². The molecule has 0 radical (unpaired) electrons. The zero-order valence-electron chi connectivity index (χ0n) is 17.4. The summed E-state index contributed by atoms with van der Waals surface area (Å²) in [6.07, 6.45) is 3.82. The predicted octanol–water partition coefficient (Wildman–Crippen LogP) is 4.80. The molecule has 0 saturated carbocycles. The topological polar surface area (TPSA) is 79.4 Å². The molecule has 1 N–H and O–H groups in total. The van der Waals surface area contributed by atoms with Crippen molar-refractivity contribution in [3.63, 3.8) is 0 Å². The third-order valence-electron chi connectivity index (χ3n) is 5.45. The molecule has 1 aromatic heterocycles. The average molecular weight is 456 g/mol. The molecule has 1 fully saturated rings. The average Bonchev–Trinajstić information content (AvgIpc) is 3.28. The van der Waals surface area contributed by atoms with Crippen molar-refractivity contribution in [3.8, 4) is 11.3 Å². The van der Waals surface area contributed by atoms with E-state index in [2.05, 4.69) is 29.4 Å². The van der Waals surface area contributed by atoms with Crippen LogP contribution < -0.4 is 5.32 Å². The van der Waals surface area contributed by atoms with E-state index in [0.29, 0.717) is 23.8 Å². The summed E-state index contributed by atoms with van der Waals surface area (Å²) >= 11 is 1.36. The molecule has 0 atom stereocenters. The standard InChI is InChI=1S/C23H25N3O3S2/c1-2-17-6-8-18(9-7-17)21-16-30-23(24-21)25-22(27)19-10-12-20(13-11-19)31(28,29)26-14-4-3-5-15-26/h6-13,16H,2-5,14-15H2,1H3,(H,24,25,27). The van der Waals surface area contributed by atoms with Gasteiger partial charge in [-0.1, -0.05) is 37.6 Å². The van der Waals surface area contributed by atoms with Gasteiger partial charge < -0.3 is 0 Å². The van der Waals surface area contributed by atoms with E-state index in [1.165, 1.54) is 33.3 Å². The summed E-state index contributed by atoms with van der Waals surface area (Å²) < 4.78 is 27.0. The van der Waals surface area contributed by atoms with Crippen LogP contribution in [0, 0.1) is 0 Å². The molecule has 6 nitrogen and oxygen atoms in total. The highest BCUT2D eigenvalue weighted by atomic mass is 32.2. The second-order valence-corrected chi connectivity index (χ2v) is 10.3. The highest BCUT2D eigenvalue weighted by molar-refractivity contribution is 7.89. The summed E-state index contributed by atoms with van der Waals surface area (Å²) in [6, 6.07) is 14.3. The molecule has 0 spiro atoms. The molecular weight excluding hydrogens is 430 g/mol. The van der Waals surface area contributed by atoms with E-state index < -0.39 is 10.0 Å². The molecule has 8 heteroatoms. The van der Waals surface area contributed by atoms with Gasteiger partial charge in [-0.05, 0) is 49.1 Å². The number of hydrogen-bond acceptors (Lipinski definition) is 5. The molecule has 3 aromatic rings. The fourth-order valence-corrected chi connectivity index (χ4v) is 5.81. The SMILES string of the molecule is CCc1ccc(-c2csc(NC(=O)c3ccc(S(=O)(=O)N4CCCCC4)cc3)n2)cc1. The lowest BCUT2D eigenvalue weighted by atomic mass is 10.1. The number of thiazole rings is 1. The third kappa shape index (κ3) is 4.87. The molecule has 0 bridgehead atoms. The van der Waals surface area contributed by atoms with Crippen molar-refractivity contribution in [1.82, 2.24) is 9.29 Å². The van der Waals surface area contributed by atoms with Gasteiger partial charge in [0.15, 0.2) is 5.13 Å². The van der Waals surface area contributed by atoms with Crippen LogP contribution in [-0.4, -0.2) is 36.7 Å². The number of hydrogen-bond donors (Lipinski definition) is 1. The van der Waals surface area contributed by atoms with Crippen molar-refractivity contribution in [2.24, 2.45) is 0 Å². The van der Waals surface area contributed by atoms with Gasteiger partial charge in [0.05, 0.1) is 10.6 Å². The van der Waals surface area contributed by atoms with E-state index in [1.807, 2.05) is 17.5 Å². The maximum absolute atomic E-state index is 12.8. The molecule has 1 aliphatic rings. The number of sulfonamides is 1. The van der Waals surface area contributed by atoms with Crippen molar-refractivity contribution in [2.75, 3.05) is 18.4 Å². The summed E-state index contributed by atoms with van der Waals surface area (Å²) in [7, 11) is -3.50.